The van der Waals surface area contributed by atoms with E-state index in [0.29, 0.717) is 16.4 Å². The SMILES string of the molecule is S=C(c1ccco1)c1ccco1. The molecule has 0 aliphatic carbocycles. The smallest absolute Gasteiger partial charge is 0.148 e. The van der Waals surface area contributed by atoms with Gasteiger partial charge in [-0.25, -0.2) is 0 Å². The lowest BCUT2D eigenvalue weighted by molar-refractivity contribution is 0.541. The van der Waals surface area contributed by atoms with Crippen molar-refractivity contribution in [3.8, 4) is 0 Å². The Balaban J connectivity index is 2.34. The van der Waals surface area contributed by atoms with Crippen LogP contribution in [0.1, 0.15) is 11.5 Å². The second kappa shape index (κ2) is 2.95. The van der Waals surface area contributed by atoms with Crippen molar-refractivity contribution in [3.63, 3.8) is 0 Å². The highest BCUT2D eigenvalue weighted by molar-refractivity contribution is 7.81. The van der Waals surface area contributed by atoms with Crippen molar-refractivity contribution >= 4 is 17.1 Å². The third kappa shape index (κ3) is 1.19. The molecule has 0 saturated carbocycles. The zero-order valence-corrected chi connectivity index (χ0v) is 7.01. The molecule has 2 aromatic heterocycles. The summed E-state index contributed by atoms with van der Waals surface area (Å²) in [7, 11) is 0. The molecular weight excluding hydrogens is 172 g/mol. The van der Waals surface area contributed by atoms with Crippen LogP contribution >= 0.6 is 12.2 Å². The maximum Gasteiger partial charge on any atom is 0.148 e. The van der Waals surface area contributed by atoms with Gasteiger partial charge in [0.1, 0.15) is 16.4 Å². The fourth-order valence-corrected chi connectivity index (χ4v) is 1.17. The monoisotopic (exact) mass is 178 g/mol. The molecule has 0 aromatic carbocycles. The van der Waals surface area contributed by atoms with Crippen molar-refractivity contribution < 1.29 is 8.83 Å². The van der Waals surface area contributed by atoms with E-state index in [0.717, 1.165) is 0 Å². The largest absolute Gasteiger partial charge is 0.463 e. The van der Waals surface area contributed by atoms with Crippen LogP contribution in [-0.4, -0.2) is 4.86 Å². The van der Waals surface area contributed by atoms with Gasteiger partial charge < -0.3 is 8.83 Å². The Morgan fingerprint density at radius 3 is 1.83 bits per heavy atom. The Labute approximate surface area is 74.8 Å². The zero-order valence-electron chi connectivity index (χ0n) is 6.19. The minimum atomic E-state index is 0.602. The predicted octanol–water partition coefficient (Wildman–Crippen LogP) is 2.64. The van der Waals surface area contributed by atoms with E-state index in [1.54, 1.807) is 24.7 Å². The van der Waals surface area contributed by atoms with E-state index >= 15 is 0 Å². The Hall–Kier alpha value is -1.35. The van der Waals surface area contributed by atoms with E-state index in [-0.39, 0.29) is 0 Å². The summed E-state index contributed by atoms with van der Waals surface area (Å²) in [6.45, 7) is 0. The summed E-state index contributed by atoms with van der Waals surface area (Å²) in [5.41, 5.74) is 0. The molecule has 0 saturated heterocycles. The van der Waals surface area contributed by atoms with Gasteiger partial charge in [0.2, 0.25) is 0 Å². The molecule has 0 atom stereocenters. The van der Waals surface area contributed by atoms with Crippen LogP contribution in [0.3, 0.4) is 0 Å². The fraction of sp³-hybridized carbons (Fsp3) is 0. The first-order valence-corrected chi connectivity index (χ1v) is 3.90. The molecule has 60 valence electrons. The summed E-state index contributed by atoms with van der Waals surface area (Å²) in [5, 5.41) is 0. The van der Waals surface area contributed by atoms with Gasteiger partial charge in [-0.05, 0) is 24.3 Å². The lowest BCUT2D eigenvalue weighted by Gasteiger charge is -1.92. The topological polar surface area (TPSA) is 26.3 Å². The fourth-order valence-electron chi connectivity index (χ4n) is 0.937. The molecule has 0 bridgehead atoms. The van der Waals surface area contributed by atoms with Crippen molar-refractivity contribution in [2.45, 2.75) is 0 Å². The van der Waals surface area contributed by atoms with Crippen LogP contribution in [-0.2, 0) is 0 Å². The van der Waals surface area contributed by atoms with Crippen molar-refractivity contribution in [2.24, 2.45) is 0 Å². The van der Waals surface area contributed by atoms with E-state index in [2.05, 4.69) is 0 Å². The Bertz CT molecular complexity index is 323. The first-order valence-electron chi connectivity index (χ1n) is 3.49. The van der Waals surface area contributed by atoms with Gasteiger partial charge in [-0.2, -0.15) is 0 Å². The Kier molecular flexibility index (Phi) is 1.80. The van der Waals surface area contributed by atoms with Gasteiger partial charge in [0.25, 0.3) is 0 Å². The lowest BCUT2D eigenvalue weighted by Crippen LogP contribution is -1.94. The van der Waals surface area contributed by atoms with Crippen molar-refractivity contribution in [2.75, 3.05) is 0 Å². The third-order valence-corrected chi connectivity index (χ3v) is 1.89. The maximum absolute atomic E-state index is 5.12. The van der Waals surface area contributed by atoms with Gasteiger partial charge in [-0.15, -0.1) is 0 Å². The van der Waals surface area contributed by atoms with Gasteiger partial charge in [0, 0.05) is 0 Å². The molecule has 0 unspecified atom stereocenters. The summed E-state index contributed by atoms with van der Waals surface area (Å²) < 4.78 is 10.2. The standard InChI is InChI=1S/C9H6O2S/c12-9(7-3-1-5-10-7)8-4-2-6-11-8/h1-6H. The van der Waals surface area contributed by atoms with Crippen LogP contribution in [0.15, 0.2) is 45.6 Å². The highest BCUT2D eigenvalue weighted by Crippen LogP contribution is 2.11. The van der Waals surface area contributed by atoms with Gasteiger partial charge >= 0.3 is 0 Å². The number of furan rings is 2. The molecule has 3 heteroatoms. The number of hydrogen-bond acceptors (Lipinski definition) is 3. The second-order valence-corrected chi connectivity index (χ2v) is 2.69. The molecule has 2 heterocycles. The summed E-state index contributed by atoms with van der Waals surface area (Å²) >= 11 is 5.11. The Morgan fingerprint density at radius 1 is 1.00 bits per heavy atom. The van der Waals surface area contributed by atoms with E-state index in [4.69, 9.17) is 21.1 Å². The number of thiocarbonyl (C=S) groups is 1. The third-order valence-electron chi connectivity index (χ3n) is 1.49. The second-order valence-electron chi connectivity index (χ2n) is 2.28. The Morgan fingerprint density at radius 2 is 1.50 bits per heavy atom. The summed E-state index contributed by atoms with van der Waals surface area (Å²) in [6.07, 6.45) is 3.18. The number of hydrogen-bond donors (Lipinski definition) is 0. The molecule has 12 heavy (non-hydrogen) atoms. The van der Waals surface area contributed by atoms with Crippen molar-refractivity contribution in [3.05, 3.63) is 48.3 Å². The molecule has 2 nitrogen and oxygen atoms in total. The predicted molar refractivity (Wildman–Crippen MR) is 48.2 cm³/mol. The molecule has 0 spiro atoms. The summed E-state index contributed by atoms with van der Waals surface area (Å²) in [4.78, 5) is 0.602. The van der Waals surface area contributed by atoms with Crippen molar-refractivity contribution in [1.82, 2.24) is 0 Å². The van der Waals surface area contributed by atoms with E-state index in [1.165, 1.54) is 0 Å². The zero-order chi connectivity index (χ0) is 8.39. The van der Waals surface area contributed by atoms with Gasteiger partial charge in [0.05, 0.1) is 12.5 Å². The molecule has 0 N–H and O–H groups in total. The summed E-state index contributed by atoms with van der Waals surface area (Å²) in [6, 6.07) is 7.21. The quantitative estimate of drug-likeness (QED) is 0.522. The summed E-state index contributed by atoms with van der Waals surface area (Å²) in [5.74, 6) is 1.33. The van der Waals surface area contributed by atoms with E-state index in [9.17, 15) is 0 Å². The van der Waals surface area contributed by atoms with Crippen LogP contribution < -0.4 is 0 Å². The first-order chi connectivity index (χ1) is 5.88. The molecular formula is C9H6O2S. The molecule has 0 radical (unpaired) electrons. The van der Waals surface area contributed by atoms with Gasteiger partial charge in [-0.3, -0.25) is 0 Å². The van der Waals surface area contributed by atoms with Crippen molar-refractivity contribution in [1.29, 1.82) is 0 Å². The first kappa shape index (κ1) is 7.31. The minimum absolute atomic E-state index is 0.602. The van der Waals surface area contributed by atoms with Crippen LogP contribution in [0.2, 0.25) is 0 Å². The number of rotatable bonds is 2. The van der Waals surface area contributed by atoms with Crippen LogP contribution in [0, 0.1) is 0 Å². The van der Waals surface area contributed by atoms with E-state index < -0.39 is 0 Å². The molecule has 0 aliphatic rings. The average molecular weight is 178 g/mol. The lowest BCUT2D eigenvalue weighted by atomic mass is 10.3. The minimum Gasteiger partial charge on any atom is -0.463 e. The van der Waals surface area contributed by atoms with E-state index in [1.807, 2.05) is 12.1 Å². The van der Waals surface area contributed by atoms with Crippen LogP contribution in [0.4, 0.5) is 0 Å². The normalized spacial score (nSPS) is 10.0. The molecule has 2 aromatic rings. The molecule has 0 fully saturated rings. The highest BCUT2D eigenvalue weighted by Gasteiger charge is 2.08. The average Bonchev–Trinajstić information content (AvgIpc) is 2.77. The maximum atomic E-state index is 5.12. The molecule has 2 rings (SSSR count). The van der Waals surface area contributed by atoms with Gasteiger partial charge in [-0.1, -0.05) is 12.2 Å². The highest BCUT2D eigenvalue weighted by atomic mass is 32.1. The molecule has 0 amide bonds. The van der Waals surface area contributed by atoms with Gasteiger partial charge in [0.15, 0.2) is 0 Å². The molecule has 0 aliphatic heterocycles. The van der Waals surface area contributed by atoms with Crippen LogP contribution in [0.25, 0.3) is 0 Å². The van der Waals surface area contributed by atoms with Crippen LogP contribution in [0.5, 0.6) is 0 Å².